The molecule has 4 nitrogen and oxygen atoms in total. The smallest absolute Gasteiger partial charge is 0.265 e. The number of nitrogens with one attached hydrogen (secondary N) is 2. The molecule has 3 atom stereocenters. The summed E-state index contributed by atoms with van der Waals surface area (Å²) in [7, 11) is 0. The average molecular weight is 288 g/mol. The highest BCUT2D eigenvalue weighted by atomic mass is 16.5. The zero-order valence-electron chi connectivity index (χ0n) is 12.8. The Bertz CT molecular complexity index is 530. The molecule has 1 aliphatic heterocycles. The number of carbonyl (C=O) groups excluding carboxylic acids is 1. The van der Waals surface area contributed by atoms with E-state index in [0.717, 1.165) is 23.0 Å². The summed E-state index contributed by atoms with van der Waals surface area (Å²) in [5.74, 6) is 1.51. The molecule has 1 aromatic carbocycles. The highest BCUT2D eigenvalue weighted by Gasteiger charge is 2.24. The van der Waals surface area contributed by atoms with Gasteiger partial charge < -0.3 is 15.4 Å². The summed E-state index contributed by atoms with van der Waals surface area (Å²) in [6.45, 7) is 4.10. The van der Waals surface area contributed by atoms with Gasteiger partial charge in [-0.05, 0) is 50.3 Å². The molecule has 0 bridgehead atoms. The number of amides is 1. The van der Waals surface area contributed by atoms with Gasteiger partial charge >= 0.3 is 0 Å². The van der Waals surface area contributed by atoms with E-state index < -0.39 is 6.10 Å². The molecule has 1 aromatic rings. The molecule has 3 unspecified atom stereocenters. The quantitative estimate of drug-likeness (QED) is 0.814. The van der Waals surface area contributed by atoms with Crippen LogP contribution in [0.2, 0.25) is 0 Å². The van der Waals surface area contributed by atoms with Crippen molar-refractivity contribution in [2.24, 2.45) is 5.92 Å². The van der Waals surface area contributed by atoms with Gasteiger partial charge in [0.1, 0.15) is 5.75 Å². The second kappa shape index (κ2) is 5.96. The average Bonchev–Trinajstić information content (AvgIpc) is 2.65. The molecule has 0 aromatic heterocycles. The fourth-order valence-corrected chi connectivity index (χ4v) is 3.17. The lowest BCUT2D eigenvalue weighted by Gasteiger charge is -2.25. The van der Waals surface area contributed by atoms with Crippen LogP contribution in [0.1, 0.15) is 46.0 Å². The van der Waals surface area contributed by atoms with Gasteiger partial charge in [0.15, 0.2) is 6.10 Å². The predicted octanol–water partition coefficient (Wildman–Crippen LogP) is 3.79. The first-order valence-electron chi connectivity index (χ1n) is 8.00. The summed E-state index contributed by atoms with van der Waals surface area (Å²) >= 11 is 0. The largest absolute Gasteiger partial charge is 0.479 e. The van der Waals surface area contributed by atoms with E-state index in [4.69, 9.17) is 4.74 Å². The highest BCUT2D eigenvalue weighted by Crippen LogP contribution is 2.33. The number of ether oxygens (including phenoxy) is 1. The van der Waals surface area contributed by atoms with Gasteiger partial charge in [-0.3, -0.25) is 4.79 Å². The number of fused-ring (bicyclic) bond motifs is 1. The number of rotatable bonds is 2. The van der Waals surface area contributed by atoms with Crippen molar-refractivity contribution < 1.29 is 9.53 Å². The SMILES string of the molecule is CC1CCCC(Nc2ccc3c(c2)NC(=O)C(C)O3)CC1. The lowest BCUT2D eigenvalue weighted by atomic mass is 10.0. The molecule has 1 saturated carbocycles. The molecular weight excluding hydrogens is 264 g/mol. The zero-order chi connectivity index (χ0) is 14.8. The Morgan fingerprint density at radius 2 is 2.05 bits per heavy atom. The van der Waals surface area contributed by atoms with Crippen molar-refractivity contribution in [1.29, 1.82) is 0 Å². The number of hydrogen-bond donors (Lipinski definition) is 2. The van der Waals surface area contributed by atoms with Crippen molar-refractivity contribution in [3.05, 3.63) is 18.2 Å². The van der Waals surface area contributed by atoms with Crippen molar-refractivity contribution >= 4 is 17.3 Å². The van der Waals surface area contributed by atoms with Crippen molar-refractivity contribution in [2.75, 3.05) is 10.6 Å². The Morgan fingerprint density at radius 1 is 1.19 bits per heavy atom. The number of benzene rings is 1. The summed E-state index contributed by atoms with van der Waals surface area (Å²) in [6.07, 6.45) is 5.95. The van der Waals surface area contributed by atoms with Crippen LogP contribution in [-0.2, 0) is 4.79 Å². The molecule has 1 heterocycles. The monoisotopic (exact) mass is 288 g/mol. The van der Waals surface area contributed by atoms with Crippen LogP contribution < -0.4 is 15.4 Å². The maximum Gasteiger partial charge on any atom is 0.265 e. The lowest BCUT2D eigenvalue weighted by Crippen LogP contribution is -2.34. The van der Waals surface area contributed by atoms with Crippen LogP contribution in [0.5, 0.6) is 5.75 Å². The minimum Gasteiger partial charge on any atom is -0.479 e. The maximum atomic E-state index is 11.7. The summed E-state index contributed by atoms with van der Waals surface area (Å²) in [6, 6.07) is 6.49. The van der Waals surface area contributed by atoms with Crippen molar-refractivity contribution in [2.45, 2.75) is 58.1 Å². The first-order valence-corrected chi connectivity index (χ1v) is 8.00. The van der Waals surface area contributed by atoms with Crippen LogP contribution in [0.3, 0.4) is 0 Å². The van der Waals surface area contributed by atoms with Gasteiger partial charge in [-0.15, -0.1) is 0 Å². The van der Waals surface area contributed by atoms with Crippen molar-refractivity contribution in [3.8, 4) is 5.75 Å². The second-order valence-corrected chi connectivity index (χ2v) is 6.41. The molecule has 1 amide bonds. The third-order valence-corrected chi connectivity index (χ3v) is 4.54. The van der Waals surface area contributed by atoms with E-state index in [1.165, 1.54) is 32.1 Å². The van der Waals surface area contributed by atoms with Crippen LogP contribution in [0, 0.1) is 5.92 Å². The van der Waals surface area contributed by atoms with Crippen LogP contribution >= 0.6 is 0 Å². The first kappa shape index (κ1) is 14.2. The van der Waals surface area contributed by atoms with Crippen LogP contribution in [0.4, 0.5) is 11.4 Å². The Hall–Kier alpha value is -1.71. The second-order valence-electron chi connectivity index (χ2n) is 6.41. The van der Waals surface area contributed by atoms with E-state index in [-0.39, 0.29) is 5.91 Å². The van der Waals surface area contributed by atoms with E-state index in [9.17, 15) is 4.79 Å². The molecule has 1 fully saturated rings. The predicted molar refractivity (Wildman–Crippen MR) is 84.8 cm³/mol. The van der Waals surface area contributed by atoms with Gasteiger partial charge in [-0.1, -0.05) is 19.8 Å². The van der Waals surface area contributed by atoms with Gasteiger partial charge in [0, 0.05) is 11.7 Å². The summed E-state index contributed by atoms with van der Waals surface area (Å²) in [4.78, 5) is 11.7. The van der Waals surface area contributed by atoms with Crippen molar-refractivity contribution in [1.82, 2.24) is 0 Å². The molecule has 0 saturated heterocycles. The molecule has 2 N–H and O–H groups in total. The Kier molecular flexibility index (Phi) is 4.04. The Morgan fingerprint density at radius 3 is 2.90 bits per heavy atom. The normalized spacial score (nSPS) is 28.9. The minimum atomic E-state index is -0.417. The van der Waals surface area contributed by atoms with E-state index >= 15 is 0 Å². The third kappa shape index (κ3) is 3.31. The fraction of sp³-hybridized carbons (Fsp3) is 0.588. The zero-order valence-corrected chi connectivity index (χ0v) is 12.8. The maximum absolute atomic E-state index is 11.7. The molecule has 1 aliphatic carbocycles. The molecule has 0 spiro atoms. The molecule has 2 aliphatic rings. The van der Waals surface area contributed by atoms with E-state index in [1.807, 2.05) is 18.2 Å². The molecule has 0 radical (unpaired) electrons. The van der Waals surface area contributed by atoms with E-state index in [1.54, 1.807) is 6.92 Å². The summed E-state index contributed by atoms with van der Waals surface area (Å²) < 4.78 is 5.58. The topological polar surface area (TPSA) is 50.4 Å². The van der Waals surface area contributed by atoms with E-state index in [0.29, 0.717) is 6.04 Å². The summed E-state index contributed by atoms with van der Waals surface area (Å²) in [5, 5.41) is 6.51. The van der Waals surface area contributed by atoms with Crippen molar-refractivity contribution in [3.63, 3.8) is 0 Å². The first-order chi connectivity index (χ1) is 10.1. The third-order valence-electron chi connectivity index (χ3n) is 4.54. The molecule has 114 valence electrons. The van der Waals surface area contributed by atoms with Gasteiger partial charge in [0.2, 0.25) is 0 Å². The molecule has 3 rings (SSSR count). The van der Waals surface area contributed by atoms with Gasteiger partial charge in [0.05, 0.1) is 5.69 Å². The Balaban J connectivity index is 1.69. The molecule has 4 heteroatoms. The molecular formula is C17H24N2O2. The van der Waals surface area contributed by atoms with Gasteiger partial charge in [0.25, 0.3) is 5.91 Å². The van der Waals surface area contributed by atoms with Crippen LogP contribution in [0.25, 0.3) is 0 Å². The van der Waals surface area contributed by atoms with E-state index in [2.05, 4.69) is 17.6 Å². The lowest BCUT2D eigenvalue weighted by molar-refractivity contribution is -0.122. The van der Waals surface area contributed by atoms with Gasteiger partial charge in [-0.2, -0.15) is 0 Å². The minimum absolute atomic E-state index is 0.0806. The number of hydrogen-bond acceptors (Lipinski definition) is 3. The van der Waals surface area contributed by atoms with Crippen LogP contribution in [0.15, 0.2) is 18.2 Å². The summed E-state index contributed by atoms with van der Waals surface area (Å²) in [5.41, 5.74) is 1.83. The number of anilines is 2. The highest BCUT2D eigenvalue weighted by molar-refractivity contribution is 5.98. The fourth-order valence-electron chi connectivity index (χ4n) is 3.17. The number of carbonyl (C=O) groups is 1. The Labute approximate surface area is 126 Å². The standard InChI is InChI=1S/C17H24N2O2/c1-11-4-3-5-13(7-6-11)18-14-8-9-16-15(10-14)19-17(20)12(2)21-16/h8-13,18H,3-7H2,1-2H3,(H,19,20). The molecule has 21 heavy (non-hydrogen) atoms. The van der Waals surface area contributed by atoms with Gasteiger partial charge in [-0.25, -0.2) is 0 Å². The van der Waals surface area contributed by atoms with Crippen LogP contribution in [-0.4, -0.2) is 18.1 Å².